The van der Waals surface area contributed by atoms with Gasteiger partial charge in [0, 0.05) is 0 Å². The van der Waals surface area contributed by atoms with Crippen LogP contribution in [0.2, 0.25) is 6.04 Å². The van der Waals surface area contributed by atoms with Crippen molar-refractivity contribution in [3.63, 3.8) is 0 Å². The lowest BCUT2D eigenvalue weighted by molar-refractivity contribution is 0.772. The Balaban J connectivity index is 3.95. The highest BCUT2D eigenvalue weighted by molar-refractivity contribution is 6.72. The molecule has 0 bridgehead atoms. The van der Waals surface area contributed by atoms with Gasteiger partial charge in [0.2, 0.25) is 0 Å². The van der Waals surface area contributed by atoms with E-state index in [4.69, 9.17) is 0 Å². The lowest BCUT2D eigenvalue weighted by atomic mass is 10.4. The van der Waals surface area contributed by atoms with Crippen LogP contribution in [0.3, 0.4) is 0 Å². The summed E-state index contributed by atoms with van der Waals surface area (Å²) in [5.41, 5.74) is 0. The fourth-order valence-corrected chi connectivity index (χ4v) is 4.15. The smallest absolute Gasteiger partial charge is 0.280 e. The Morgan fingerprint density at radius 1 is 1.08 bits per heavy atom. The second-order valence-corrected chi connectivity index (χ2v) is 6.70. The third-order valence-electron chi connectivity index (χ3n) is 2.24. The first-order valence-electron chi connectivity index (χ1n) is 4.87. The highest BCUT2D eigenvalue weighted by Crippen LogP contribution is 2.03. The van der Waals surface area contributed by atoms with Crippen LogP contribution >= 0.6 is 0 Å². The minimum Gasteiger partial charge on any atom is -0.316 e. The van der Waals surface area contributed by atoms with Gasteiger partial charge in [0.05, 0.1) is 0 Å². The van der Waals surface area contributed by atoms with Gasteiger partial charge in [-0.2, -0.15) is 0 Å². The molecule has 74 valence electrons. The predicted molar refractivity (Wildman–Crippen MR) is 57.3 cm³/mol. The number of hydrogen-bond donors (Lipinski definition) is 3. The van der Waals surface area contributed by atoms with Crippen molar-refractivity contribution in [2.24, 2.45) is 0 Å². The van der Waals surface area contributed by atoms with E-state index in [-0.39, 0.29) is 0 Å². The van der Waals surface area contributed by atoms with E-state index in [9.17, 15) is 0 Å². The van der Waals surface area contributed by atoms with Gasteiger partial charge in [-0.3, -0.25) is 0 Å². The maximum absolute atomic E-state index is 3.55. The molecule has 0 aliphatic heterocycles. The summed E-state index contributed by atoms with van der Waals surface area (Å²) in [5, 5.41) is 0. The van der Waals surface area contributed by atoms with Crippen LogP contribution in [0.1, 0.15) is 26.7 Å². The third kappa shape index (κ3) is 3.67. The van der Waals surface area contributed by atoms with Gasteiger partial charge in [0.15, 0.2) is 0 Å². The van der Waals surface area contributed by atoms with E-state index in [1.165, 1.54) is 18.9 Å². The quantitative estimate of drug-likeness (QED) is 0.518. The molecule has 3 N–H and O–H groups in total. The van der Waals surface area contributed by atoms with Crippen molar-refractivity contribution in [1.82, 2.24) is 14.9 Å². The maximum atomic E-state index is 3.55. The fraction of sp³-hybridized carbons (Fsp3) is 1.00. The van der Waals surface area contributed by atoms with Gasteiger partial charge in [-0.25, -0.2) is 0 Å². The minimum absolute atomic E-state index is 1.04. The molecule has 0 aromatic rings. The Hall–Kier alpha value is 0.0969. The standard InChI is InChI=1S/C8H23N3Si/c1-5-7-8-12(9-3,10-4)11-6-2/h9-11H,5-8H2,1-4H3. The Labute approximate surface area is 77.6 Å². The molecule has 0 fully saturated rings. The van der Waals surface area contributed by atoms with Crippen LogP contribution in [0.5, 0.6) is 0 Å². The van der Waals surface area contributed by atoms with E-state index < -0.39 is 8.56 Å². The SMILES string of the molecule is CCCC[Si](NC)(NC)NCC. The van der Waals surface area contributed by atoms with E-state index in [2.05, 4.69) is 28.8 Å². The van der Waals surface area contributed by atoms with Crippen molar-refractivity contribution >= 4 is 8.56 Å². The summed E-state index contributed by atoms with van der Waals surface area (Å²) in [6, 6.07) is 1.25. The van der Waals surface area contributed by atoms with Crippen molar-refractivity contribution < 1.29 is 0 Å². The molecule has 4 heteroatoms. The van der Waals surface area contributed by atoms with Crippen molar-refractivity contribution in [2.75, 3.05) is 20.6 Å². The summed E-state index contributed by atoms with van der Waals surface area (Å²) in [5.74, 6) is 0. The zero-order valence-corrected chi connectivity index (χ0v) is 9.83. The van der Waals surface area contributed by atoms with Gasteiger partial charge in [-0.1, -0.05) is 26.7 Å². The van der Waals surface area contributed by atoms with Crippen LogP contribution in [0.25, 0.3) is 0 Å². The third-order valence-corrected chi connectivity index (χ3v) is 6.01. The molecule has 0 spiro atoms. The first-order valence-corrected chi connectivity index (χ1v) is 7.08. The average Bonchev–Trinajstić information content (AvgIpc) is 2.13. The monoisotopic (exact) mass is 189 g/mol. The van der Waals surface area contributed by atoms with E-state index in [0.29, 0.717) is 0 Å². The van der Waals surface area contributed by atoms with Crippen molar-refractivity contribution in [1.29, 1.82) is 0 Å². The molecule has 0 saturated heterocycles. The first kappa shape index (κ1) is 12.1. The molecule has 0 radical (unpaired) electrons. The number of hydrogen-bond acceptors (Lipinski definition) is 3. The van der Waals surface area contributed by atoms with Crippen molar-refractivity contribution in [2.45, 2.75) is 32.7 Å². The van der Waals surface area contributed by atoms with Gasteiger partial charge < -0.3 is 14.9 Å². The van der Waals surface area contributed by atoms with Gasteiger partial charge in [-0.05, 0) is 26.7 Å². The highest BCUT2D eigenvalue weighted by atomic mass is 28.4. The topological polar surface area (TPSA) is 36.1 Å². The summed E-state index contributed by atoms with van der Waals surface area (Å²) in [4.78, 5) is 10.4. The lowest BCUT2D eigenvalue weighted by Crippen LogP contribution is -2.70. The van der Waals surface area contributed by atoms with E-state index >= 15 is 0 Å². The van der Waals surface area contributed by atoms with Gasteiger partial charge in [0.1, 0.15) is 0 Å². The number of nitrogens with one attached hydrogen (secondary N) is 3. The molecule has 12 heavy (non-hydrogen) atoms. The first-order chi connectivity index (χ1) is 5.74. The summed E-state index contributed by atoms with van der Waals surface area (Å²) in [6.45, 7) is 5.43. The number of unbranched alkanes of at least 4 members (excludes halogenated alkanes) is 1. The van der Waals surface area contributed by atoms with Crippen LogP contribution < -0.4 is 14.9 Å². The van der Waals surface area contributed by atoms with Crippen LogP contribution in [0, 0.1) is 0 Å². The molecular weight excluding hydrogens is 166 g/mol. The molecule has 0 aliphatic rings. The molecule has 0 heterocycles. The maximum Gasteiger partial charge on any atom is 0.280 e. The molecule has 0 aromatic carbocycles. The van der Waals surface area contributed by atoms with Crippen LogP contribution in [-0.4, -0.2) is 29.2 Å². The van der Waals surface area contributed by atoms with Crippen LogP contribution in [0.15, 0.2) is 0 Å². The normalized spacial score (nSPS) is 12.0. The molecule has 0 unspecified atom stereocenters. The average molecular weight is 189 g/mol. The predicted octanol–water partition coefficient (Wildman–Crippen LogP) is 0.774. The summed E-state index contributed by atoms with van der Waals surface area (Å²) >= 11 is 0. The molecule has 0 amide bonds. The fourth-order valence-electron chi connectivity index (χ4n) is 1.38. The Bertz CT molecular complexity index is 104. The second kappa shape index (κ2) is 6.60. The van der Waals surface area contributed by atoms with E-state index in [0.717, 1.165) is 6.54 Å². The zero-order chi connectivity index (χ0) is 9.45. The van der Waals surface area contributed by atoms with Crippen LogP contribution in [-0.2, 0) is 0 Å². The van der Waals surface area contributed by atoms with Crippen LogP contribution in [0.4, 0.5) is 0 Å². The Morgan fingerprint density at radius 2 is 1.67 bits per heavy atom. The summed E-state index contributed by atoms with van der Waals surface area (Å²) in [6.07, 6.45) is 2.56. The molecule has 0 saturated carbocycles. The minimum atomic E-state index is -1.51. The Morgan fingerprint density at radius 3 is 2.00 bits per heavy atom. The molecular formula is C8H23N3Si. The summed E-state index contributed by atoms with van der Waals surface area (Å²) in [7, 11) is 2.57. The largest absolute Gasteiger partial charge is 0.316 e. The van der Waals surface area contributed by atoms with Gasteiger partial charge >= 0.3 is 0 Å². The van der Waals surface area contributed by atoms with E-state index in [1.807, 2.05) is 14.1 Å². The van der Waals surface area contributed by atoms with Gasteiger partial charge in [-0.15, -0.1) is 0 Å². The lowest BCUT2D eigenvalue weighted by Gasteiger charge is -2.30. The highest BCUT2D eigenvalue weighted by Gasteiger charge is 2.28. The number of rotatable bonds is 7. The molecule has 0 aliphatic carbocycles. The summed E-state index contributed by atoms with van der Waals surface area (Å²) < 4.78 is 0. The molecule has 3 nitrogen and oxygen atoms in total. The second-order valence-electron chi connectivity index (χ2n) is 3.04. The van der Waals surface area contributed by atoms with E-state index in [1.54, 1.807) is 0 Å². The van der Waals surface area contributed by atoms with Gasteiger partial charge in [0.25, 0.3) is 8.56 Å². The van der Waals surface area contributed by atoms with Crippen molar-refractivity contribution in [3.8, 4) is 0 Å². The molecule has 0 aromatic heterocycles. The molecule has 0 rings (SSSR count). The van der Waals surface area contributed by atoms with Crippen molar-refractivity contribution in [3.05, 3.63) is 0 Å². The molecule has 0 atom stereocenters. The zero-order valence-electron chi connectivity index (χ0n) is 8.83. The Kier molecular flexibility index (Phi) is 6.65.